The Morgan fingerprint density at radius 2 is 1.65 bits per heavy atom. The number of carbonyl (C=O) groups excluding carboxylic acids is 1. The Kier molecular flexibility index (Phi) is 6.82. The Bertz CT molecular complexity index is 999. The number of pyridine rings is 1. The van der Waals surface area contributed by atoms with Crippen molar-refractivity contribution in [2.24, 2.45) is 0 Å². The minimum Gasteiger partial charge on any atom is -0.356 e. The lowest BCUT2D eigenvalue weighted by molar-refractivity contribution is 0.206. The number of aromatic nitrogens is 1. The van der Waals surface area contributed by atoms with Crippen LogP contribution in [0.25, 0.3) is 11.1 Å². The van der Waals surface area contributed by atoms with Crippen LogP contribution >= 0.6 is 0 Å². The fraction of sp³-hybridized carbons (Fsp3) is 0.308. The third kappa shape index (κ3) is 5.23. The van der Waals surface area contributed by atoms with E-state index in [0.717, 1.165) is 41.2 Å². The molecule has 5 nitrogen and oxygen atoms in total. The summed E-state index contributed by atoms with van der Waals surface area (Å²) in [5.74, 6) is 1.000. The van der Waals surface area contributed by atoms with Gasteiger partial charge in [0.05, 0.1) is 0 Å². The standard InChI is InChI=1S/C26H30N4O/c1-29(20-23-13-6-7-15-24(23)21-11-4-2-5-12-21)26(31)28-19-22-14-10-16-27-25(22)30-17-8-3-9-18-30/h2,4-7,10-16H,3,8-9,17-20H2,1H3,(H,28,31). The molecule has 1 N–H and O–H groups in total. The number of amides is 2. The van der Waals surface area contributed by atoms with Crippen molar-refractivity contribution >= 4 is 11.8 Å². The summed E-state index contributed by atoms with van der Waals surface area (Å²) in [6.45, 7) is 3.09. The van der Waals surface area contributed by atoms with Crippen LogP contribution in [0.4, 0.5) is 10.6 Å². The number of urea groups is 1. The van der Waals surface area contributed by atoms with Gasteiger partial charge in [-0.3, -0.25) is 0 Å². The first kappa shape index (κ1) is 20.9. The maximum absolute atomic E-state index is 12.8. The Morgan fingerprint density at radius 1 is 0.935 bits per heavy atom. The molecule has 2 amide bonds. The van der Waals surface area contributed by atoms with Gasteiger partial charge in [-0.15, -0.1) is 0 Å². The topological polar surface area (TPSA) is 48.5 Å². The van der Waals surface area contributed by atoms with Crippen LogP contribution in [-0.4, -0.2) is 36.1 Å². The van der Waals surface area contributed by atoms with Crippen molar-refractivity contribution < 1.29 is 4.79 Å². The first-order valence-electron chi connectivity index (χ1n) is 11.0. The SMILES string of the molecule is CN(Cc1ccccc1-c1ccccc1)C(=O)NCc1cccnc1N1CCCCC1. The summed E-state index contributed by atoms with van der Waals surface area (Å²) in [5, 5.41) is 3.08. The molecule has 0 unspecified atom stereocenters. The van der Waals surface area contributed by atoms with Crippen LogP contribution in [0.5, 0.6) is 0 Å². The predicted molar refractivity (Wildman–Crippen MR) is 126 cm³/mol. The summed E-state index contributed by atoms with van der Waals surface area (Å²) in [6.07, 6.45) is 5.52. The van der Waals surface area contributed by atoms with E-state index in [-0.39, 0.29) is 6.03 Å². The van der Waals surface area contributed by atoms with E-state index >= 15 is 0 Å². The number of carbonyl (C=O) groups is 1. The molecule has 1 fully saturated rings. The fourth-order valence-electron chi connectivity index (χ4n) is 4.15. The minimum absolute atomic E-state index is 0.0867. The number of anilines is 1. The first-order chi connectivity index (χ1) is 15.2. The first-order valence-corrected chi connectivity index (χ1v) is 11.0. The molecule has 31 heavy (non-hydrogen) atoms. The largest absolute Gasteiger partial charge is 0.356 e. The zero-order valence-corrected chi connectivity index (χ0v) is 18.1. The highest BCUT2D eigenvalue weighted by atomic mass is 16.2. The molecule has 160 valence electrons. The molecule has 2 heterocycles. The number of piperidine rings is 1. The molecule has 3 aromatic rings. The number of benzene rings is 2. The van der Waals surface area contributed by atoms with Gasteiger partial charge < -0.3 is 15.1 Å². The summed E-state index contributed by atoms with van der Waals surface area (Å²) in [4.78, 5) is 21.5. The Hall–Kier alpha value is -3.34. The monoisotopic (exact) mass is 414 g/mol. The van der Waals surface area contributed by atoms with Gasteiger partial charge in [-0.2, -0.15) is 0 Å². The van der Waals surface area contributed by atoms with E-state index in [0.29, 0.717) is 13.1 Å². The minimum atomic E-state index is -0.0867. The van der Waals surface area contributed by atoms with Gasteiger partial charge in [-0.25, -0.2) is 9.78 Å². The van der Waals surface area contributed by atoms with Gasteiger partial charge >= 0.3 is 6.03 Å². The molecule has 4 rings (SSSR count). The van der Waals surface area contributed by atoms with Crippen molar-refractivity contribution in [1.82, 2.24) is 15.2 Å². The summed E-state index contributed by atoms with van der Waals surface area (Å²) < 4.78 is 0. The van der Waals surface area contributed by atoms with Crippen LogP contribution in [0, 0.1) is 0 Å². The molecule has 0 atom stereocenters. The third-order valence-electron chi connectivity index (χ3n) is 5.81. The average molecular weight is 415 g/mol. The second-order valence-electron chi connectivity index (χ2n) is 8.07. The van der Waals surface area contributed by atoms with Crippen LogP contribution in [0.15, 0.2) is 72.9 Å². The number of nitrogens with zero attached hydrogens (tertiary/aromatic N) is 3. The van der Waals surface area contributed by atoms with Gasteiger partial charge in [0.15, 0.2) is 0 Å². The van der Waals surface area contributed by atoms with Gasteiger partial charge in [-0.1, -0.05) is 60.7 Å². The highest BCUT2D eigenvalue weighted by Gasteiger charge is 2.17. The summed E-state index contributed by atoms with van der Waals surface area (Å²) >= 11 is 0. The number of hydrogen-bond donors (Lipinski definition) is 1. The Morgan fingerprint density at radius 3 is 2.45 bits per heavy atom. The molecule has 0 aliphatic carbocycles. The lowest BCUT2D eigenvalue weighted by atomic mass is 9.99. The third-order valence-corrected chi connectivity index (χ3v) is 5.81. The summed E-state index contributed by atoms with van der Waals surface area (Å²) in [5.41, 5.74) is 4.51. The number of hydrogen-bond acceptors (Lipinski definition) is 3. The number of nitrogens with one attached hydrogen (secondary N) is 1. The van der Waals surface area contributed by atoms with Crippen LogP contribution < -0.4 is 10.2 Å². The van der Waals surface area contributed by atoms with E-state index in [2.05, 4.69) is 45.5 Å². The van der Waals surface area contributed by atoms with Crippen LogP contribution in [0.3, 0.4) is 0 Å². The quantitative estimate of drug-likeness (QED) is 0.612. The van der Waals surface area contributed by atoms with Crippen molar-refractivity contribution in [2.45, 2.75) is 32.4 Å². The van der Waals surface area contributed by atoms with Crippen LogP contribution in [0.2, 0.25) is 0 Å². The number of rotatable bonds is 6. The average Bonchev–Trinajstić information content (AvgIpc) is 2.84. The Labute approximate surface area is 184 Å². The molecule has 1 saturated heterocycles. The van der Waals surface area contributed by atoms with Crippen LogP contribution in [-0.2, 0) is 13.1 Å². The molecule has 5 heteroatoms. The molecule has 0 spiro atoms. The summed E-state index contributed by atoms with van der Waals surface area (Å²) in [7, 11) is 1.84. The highest BCUT2D eigenvalue weighted by Crippen LogP contribution is 2.25. The van der Waals surface area contributed by atoms with E-state index in [4.69, 9.17) is 0 Å². The van der Waals surface area contributed by atoms with Crippen molar-refractivity contribution in [3.8, 4) is 11.1 Å². The van der Waals surface area contributed by atoms with E-state index in [1.54, 1.807) is 4.90 Å². The van der Waals surface area contributed by atoms with Gasteiger partial charge in [0, 0.05) is 45.0 Å². The van der Waals surface area contributed by atoms with Crippen molar-refractivity contribution in [3.63, 3.8) is 0 Å². The van der Waals surface area contributed by atoms with Crippen molar-refractivity contribution in [3.05, 3.63) is 84.1 Å². The molecule has 1 aromatic heterocycles. The smallest absolute Gasteiger partial charge is 0.317 e. The van der Waals surface area contributed by atoms with E-state index in [1.165, 1.54) is 19.3 Å². The normalized spacial score (nSPS) is 13.6. The summed E-state index contributed by atoms with van der Waals surface area (Å²) in [6, 6.07) is 22.5. The molecule has 1 aliphatic rings. The second kappa shape index (κ2) is 10.1. The highest BCUT2D eigenvalue weighted by molar-refractivity contribution is 5.75. The molecular weight excluding hydrogens is 384 g/mol. The van der Waals surface area contributed by atoms with Gasteiger partial charge in [0.25, 0.3) is 0 Å². The Balaban J connectivity index is 1.41. The molecule has 2 aromatic carbocycles. The molecular formula is C26H30N4O. The van der Waals surface area contributed by atoms with Crippen LogP contribution in [0.1, 0.15) is 30.4 Å². The molecule has 0 saturated carbocycles. The van der Waals surface area contributed by atoms with E-state index < -0.39 is 0 Å². The maximum atomic E-state index is 12.8. The molecule has 0 bridgehead atoms. The maximum Gasteiger partial charge on any atom is 0.317 e. The fourth-order valence-corrected chi connectivity index (χ4v) is 4.15. The second-order valence-corrected chi connectivity index (χ2v) is 8.07. The molecule has 1 aliphatic heterocycles. The zero-order chi connectivity index (χ0) is 21.5. The predicted octanol–water partition coefficient (Wildman–Crippen LogP) is 5.08. The van der Waals surface area contributed by atoms with Gasteiger partial charge in [0.2, 0.25) is 0 Å². The van der Waals surface area contributed by atoms with E-state index in [9.17, 15) is 4.79 Å². The van der Waals surface area contributed by atoms with Gasteiger partial charge in [0.1, 0.15) is 5.82 Å². The lowest BCUT2D eigenvalue weighted by Crippen LogP contribution is -2.37. The van der Waals surface area contributed by atoms with Crippen molar-refractivity contribution in [1.29, 1.82) is 0 Å². The molecule has 0 radical (unpaired) electrons. The zero-order valence-electron chi connectivity index (χ0n) is 18.1. The van der Waals surface area contributed by atoms with Gasteiger partial charge in [-0.05, 0) is 42.0 Å². The van der Waals surface area contributed by atoms with E-state index in [1.807, 2.05) is 49.6 Å². The lowest BCUT2D eigenvalue weighted by Gasteiger charge is -2.29. The van der Waals surface area contributed by atoms with Crippen molar-refractivity contribution in [2.75, 3.05) is 25.0 Å².